The molecule has 4 unspecified atom stereocenters. The summed E-state index contributed by atoms with van der Waals surface area (Å²) in [5, 5.41) is 0. The summed E-state index contributed by atoms with van der Waals surface area (Å²) in [7, 11) is 0. The molecule has 0 nitrogen and oxygen atoms in total. The van der Waals surface area contributed by atoms with Gasteiger partial charge in [-0.2, -0.15) is 0 Å². The van der Waals surface area contributed by atoms with Crippen LogP contribution in [0.4, 0.5) is 0 Å². The van der Waals surface area contributed by atoms with Gasteiger partial charge >= 0.3 is 0 Å². The van der Waals surface area contributed by atoms with E-state index in [9.17, 15) is 0 Å². The van der Waals surface area contributed by atoms with E-state index in [1.165, 1.54) is 6.42 Å². The van der Waals surface area contributed by atoms with E-state index in [1.807, 2.05) is 0 Å². The van der Waals surface area contributed by atoms with Gasteiger partial charge in [0.05, 0.1) is 0 Å². The van der Waals surface area contributed by atoms with E-state index in [-0.39, 0.29) is 0 Å². The molecule has 2 bridgehead atoms. The van der Waals surface area contributed by atoms with Crippen molar-refractivity contribution in [1.82, 2.24) is 0 Å². The van der Waals surface area contributed by atoms with Gasteiger partial charge in [-0.1, -0.05) is 33.6 Å². The van der Waals surface area contributed by atoms with Crippen LogP contribution in [0.2, 0.25) is 0 Å². The van der Waals surface area contributed by atoms with E-state index in [4.69, 9.17) is 0 Å². The van der Waals surface area contributed by atoms with Crippen LogP contribution in [0.3, 0.4) is 0 Å². The zero-order valence-corrected chi connectivity index (χ0v) is 9.97. The SMILES string of the molecule is CCC1C(C)(C)C12CCC1CCC2C1. The predicted molar refractivity (Wildman–Crippen MR) is 60.1 cm³/mol. The van der Waals surface area contributed by atoms with Gasteiger partial charge in [0, 0.05) is 0 Å². The highest BCUT2D eigenvalue weighted by Crippen LogP contribution is 2.79. The van der Waals surface area contributed by atoms with Crippen molar-refractivity contribution in [2.24, 2.45) is 28.6 Å². The fourth-order valence-corrected chi connectivity index (χ4v) is 5.64. The van der Waals surface area contributed by atoms with Gasteiger partial charge in [-0.3, -0.25) is 0 Å². The summed E-state index contributed by atoms with van der Waals surface area (Å²) in [5.74, 6) is 3.29. The minimum atomic E-state index is 0.682. The normalized spacial score (nSPS) is 53.8. The molecule has 0 radical (unpaired) electrons. The lowest BCUT2D eigenvalue weighted by Crippen LogP contribution is -2.24. The maximum absolute atomic E-state index is 2.54. The Morgan fingerprint density at radius 1 is 1.14 bits per heavy atom. The Bertz CT molecular complexity index is 253. The van der Waals surface area contributed by atoms with E-state index in [0.29, 0.717) is 5.41 Å². The fraction of sp³-hybridized carbons (Fsp3) is 1.00. The van der Waals surface area contributed by atoms with Crippen molar-refractivity contribution < 1.29 is 0 Å². The second-order valence-corrected chi connectivity index (χ2v) is 6.64. The number of fused-ring (bicyclic) bond motifs is 3. The van der Waals surface area contributed by atoms with Crippen LogP contribution in [0.5, 0.6) is 0 Å². The molecule has 0 aromatic heterocycles. The monoisotopic (exact) mass is 192 g/mol. The van der Waals surface area contributed by atoms with Gasteiger partial charge in [0.15, 0.2) is 0 Å². The molecule has 0 heteroatoms. The summed E-state index contributed by atoms with van der Waals surface area (Å²) in [5.41, 5.74) is 1.48. The van der Waals surface area contributed by atoms with E-state index in [1.54, 1.807) is 32.1 Å². The maximum Gasteiger partial charge on any atom is -0.0181 e. The van der Waals surface area contributed by atoms with Gasteiger partial charge in [-0.15, -0.1) is 0 Å². The molecule has 3 aliphatic rings. The second kappa shape index (κ2) is 2.57. The lowest BCUT2D eigenvalue weighted by atomic mass is 9.72. The van der Waals surface area contributed by atoms with Crippen molar-refractivity contribution in [3.63, 3.8) is 0 Å². The smallest absolute Gasteiger partial charge is 0.0181 e. The number of hydrogen-bond donors (Lipinski definition) is 0. The van der Waals surface area contributed by atoms with Crippen molar-refractivity contribution in [2.75, 3.05) is 0 Å². The summed E-state index contributed by atoms with van der Waals surface area (Å²) in [6.07, 6.45) is 9.24. The van der Waals surface area contributed by atoms with Crippen molar-refractivity contribution in [3.05, 3.63) is 0 Å². The van der Waals surface area contributed by atoms with Gasteiger partial charge in [-0.25, -0.2) is 0 Å². The molecule has 0 aliphatic heterocycles. The molecule has 0 aromatic carbocycles. The van der Waals surface area contributed by atoms with Crippen molar-refractivity contribution in [1.29, 1.82) is 0 Å². The van der Waals surface area contributed by atoms with Crippen molar-refractivity contribution in [2.45, 2.75) is 59.3 Å². The van der Waals surface area contributed by atoms with E-state index in [2.05, 4.69) is 20.8 Å². The molecular weight excluding hydrogens is 168 g/mol. The second-order valence-electron chi connectivity index (χ2n) is 6.64. The lowest BCUT2D eigenvalue weighted by molar-refractivity contribution is 0.168. The van der Waals surface area contributed by atoms with Gasteiger partial charge in [0.1, 0.15) is 0 Å². The summed E-state index contributed by atoms with van der Waals surface area (Å²) in [4.78, 5) is 0. The third kappa shape index (κ3) is 0.823. The third-order valence-electron chi connectivity index (χ3n) is 6.25. The van der Waals surface area contributed by atoms with Gasteiger partial charge in [0.2, 0.25) is 0 Å². The number of rotatable bonds is 1. The predicted octanol–water partition coefficient (Wildman–Crippen LogP) is 4.25. The van der Waals surface area contributed by atoms with Crippen LogP contribution in [-0.4, -0.2) is 0 Å². The molecule has 4 atom stereocenters. The largest absolute Gasteiger partial charge is 0.0651 e. The van der Waals surface area contributed by atoms with Gasteiger partial charge < -0.3 is 0 Å². The molecule has 0 N–H and O–H groups in total. The zero-order chi connectivity index (χ0) is 9.97. The molecular formula is C14H24. The van der Waals surface area contributed by atoms with Gasteiger partial charge in [-0.05, 0) is 54.3 Å². The molecule has 0 aromatic rings. The first kappa shape index (κ1) is 9.24. The van der Waals surface area contributed by atoms with Crippen molar-refractivity contribution >= 4 is 0 Å². The molecule has 3 rings (SSSR count). The van der Waals surface area contributed by atoms with Gasteiger partial charge in [0.25, 0.3) is 0 Å². The highest BCUT2D eigenvalue weighted by atomic mass is 14.8. The van der Waals surface area contributed by atoms with Crippen LogP contribution >= 0.6 is 0 Å². The Morgan fingerprint density at radius 3 is 2.57 bits per heavy atom. The molecule has 3 fully saturated rings. The van der Waals surface area contributed by atoms with Crippen molar-refractivity contribution in [3.8, 4) is 0 Å². The van der Waals surface area contributed by atoms with Crippen LogP contribution in [0.1, 0.15) is 59.3 Å². The Morgan fingerprint density at radius 2 is 1.93 bits per heavy atom. The lowest BCUT2D eigenvalue weighted by Gasteiger charge is -2.32. The highest BCUT2D eigenvalue weighted by Gasteiger charge is 2.73. The standard InChI is InChI=1S/C14H24/c1-4-12-13(2,3)14(12)8-7-10-5-6-11(14)9-10/h10-12H,4-9H2,1-3H3. The van der Waals surface area contributed by atoms with E-state index >= 15 is 0 Å². The Hall–Kier alpha value is 0. The van der Waals surface area contributed by atoms with E-state index < -0.39 is 0 Å². The molecule has 0 saturated heterocycles. The van der Waals surface area contributed by atoms with E-state index in [0.717, 1.165) is 23.2 Å². The molecule has 0 heterocycles. The quantitative estimate of drug-likeness (QED) is 0.582. The summed E-state index contributed by atoms with van der Waals surface area (Å²) in [6, 6.07) is 0. The first-order valence-corrected chi connectivity index (χ1v) is 6.63. The minimum absolute atomic E-state index is 0.682. The maximum atomic E-state index is 2.54. The molecule has 3 aliphatic carbocycles. The highest BCUT2D eigenvalue weighted by molar-refractivity contribution is 5.21. The Balaban J connectivity index is 1.91. The summed E-state index contributed by atoms with van der Waals surface area (Å²) < 4.78 is 0. The summed E-state index contributed by atoms with van der Waals surface area (Å²) >= 11 is 0. The van der Waals surface area contributed by atoms with Crippen LogP contribution < -0.4 is 0 Å². The van der Waals surface area contributed by atoms with Crippen LogP contribution in [0.25, 0.3) is 0 Å². The van der Waals surface area contributed by atoms with Crippen LogP contribution in [0.15, 0.2) is 0 Å². The van der Waals surface area contributed by atoms with Crippen LogP contribution in [-0.2, 0) is 0 Å². The Kier molecular flexibility index (Phi) is 1.70. The number of hydrogen-bond acceptors (Lipinski definition) is 0. The fourth-order valence-electron chi connectivity index (χ4n) is 5.64. The molecule has 3 saturated carbocycles. The third-order valence-corrected chi connectivity index (χ3v) is 6.25. The first-order valence-electron chi connectivity index (χ1n) is 6.63. The topological polar surface area (TPSA) is 0 Å². The zero-order valence-electron chi connectivity index (χ0n) is 9.97. The molecule has 1 spiro atoms. The molecule has 80 valence electrons. The summed E-state index contributed by atoms with van der Waals surface area (Å²) in [6.45, 7) is 7.49. The van der Waals surface area contributed by atoms with Crippen LogP contribution in [0, 0.1) is 28.6 Å². The Labute approximate surface area is 88.5 Å². The molecule has 14 heavy (non-hydrogen) atoms. The average Bonchev–Trinajstić information content (AvgIpc) is 2.48. The minimum Gasteiger partial charge on any atom is -0.0651 e. The first-order chi connectivity index (χ1) is 6.63. The average molecular weight is 192 g/mol. The molecule has 0 amide bonds.